The third-order valence-electron chi connectivity index (χ3n) is 3.22. The molecule has 0 aliphatic heterocycles. The predicted octanol–water partition coefficient (Wildman–Crippen LogP) is 2.74. The van der Waals surface area contributed by atoms with Crippen molar-refractivity contribution in [1.29, 1.82) is 0 Å². The summed E-state index contributed by atoms with van der Waals surface area (Å²) in [6.07, 6.45) is 0. The second kappa shape index (κ2) is 7.38. The summed E-state index contributed by atoms with van der Waals surface area (Å²) in [4.78, 5) is 23.3. The lowest BCUT2D eigenvalue weighted by Gasteiger charge is -2.17. The van der Waals surface area contributed by atoms with Crippen molar-refractivity contribution in [3.63, 3.8) is 0 Å². The van der Waals surface area contributed by atoms with Crippen molar-refractivity contribution in [3.8, 4) is 0 Å². The van der Waals surface area contributed by atoms with Crippen molar-refractivity contribution in [2.75, 3.05) is 11.9 Å². The lowest BCUT2D eigenvalue weighted by molar-refractivity contribution is 0.101. The van der Waals surface area contributed by atoms with Crippen LogP contribution < -0.4 is 10.6 Å². The van der Waals surface area contributed by atoms with E-state index in [0.717, 1.165) is 5.56 Å². The molecule has 0 spiro atoms. The number of carbonyl (C=O) groups excluding carboxylic acids is 2. The van der Waals surface area contributed by atoms with Crippen LogP contribution in [0.15, 0.2) is 54.6 Å². The number of aliphatic hydroxyl groups is 1. The van der Waals surface area contributed by atoms with Gasteiger partial charge in [-0.05, 0) is 24.6 Å². The second-order valence-corrected chi connectivity index (χ2v) is 4.88. The fraction of sp³-hybridized carbons (Fsp3) is 0.176. The van der Waals surface area contributed by atoms with Gasteiger partial charge in [0, 0.05) is 11.3 Å². The summed E-state index contributed by atoms with van der Waals surface area (Å²) in [7, 11) is 0. The van der Waals surface area contributed by atoms with Crippen LogP contribution in [0.4, 0.5) is 10.5 Å². The topological polar surface area (TPSA) is 78.4 Å². The van der Waals surface area contributed by atoms with Crippen molar-refractivity contribution in [3.05, 3.63) is 65.7 Å². The number of ketones is 1. The minimum Gasteiger partial charge on any atom is -0.394 e. The van der Waals surface area contributed by atoms with E-state index >= 15 is 0 Å². The molecule has 0 saturated carbocycles. The summed E-state index contributed by atoms with van der Waals surface area (Å²) in [5.74, 6) is -0.0680. The van der Waals surface area contributed by atoms with Gasteiger partial charge in [0.1, 0.15) is 0 Å². The molecular formula is C17H18N2O3. The number of urea groups is 1. The van der Waals surface area contributed by atoms with Crippen LogP contribution in [0.3, 0.4) is 0 Å². The third kappa shape index (κ3) is 4.17. The molecule has 0 heterocycles. The van der Waals surface area contributed by atoms with Crippen molar-refractivity contribution < 1.29 is 14.7 Å². The van der Waals surface area contributed by atoms with Crippen LogP contribution in [-0.4, -0.2) is 23.5 Å². The number of anilines is 1. The molecule has 0 aliphatic carbocycles. The zero-order chi connectivity index (χ0) is 15.9. The lowest BCUT2D eigenvalue weighted by Crippen LogP contribution is -2.34. The maximum atomic E-state index is 12.0. The average molecular weight is 298 g/mol. The molecule has 0 radical (unpaired) electrons. The van der Waals surface area contributed by atoms with E-state index < -0.39 is 12.1 Å². The van der Waals surface area contributed by atoms with Gasteiger partial charge in [-0.25, -0.2) is 4.79 Å². The van der Waals surface area contributed by atoms with Crippen LogP contribution in [0.1, 0.15) is 28.9 Å². The Morgan fingerprint density at radius 2 is 1.82 bits per heavy atom. The second-order valence-electron chi connectivity index (χ2n) is 4.88. The fourth-order valence-corrected chi connectivity index (χ4v) is 2.06. The smallest absolute Gasteiger partial charge is 0.319 e. The molecule has 2 rings (SSSR count). The Bertz CT molecular complexity index is 656. The molecule has 0 saturated heterocycles. The summed E-state index contributed by atoms with van der Waals surface area (Å²) >= 11 is 0. The van der Waals surface area contributed by atoms with Gasteiger partial charge >= 0.3 is 6.03 Å². The summed E-state index contributed by atoms with van der Waals surface area (Å²) in [5, 5.41) is 14.8. The Hall–Kier alpha value is -2.66. The predicted molar refractivity (Wildman–Crippen MR) is 84.9 cm³/mol. The number of hydrogen-bond donors (Lipinski definition) is 3. The van der Waals surface area contributed by atoms with Crippen LogP contribution in [0.25, 0.3) is 0 Å². The first-order chi connectivity index (χ1) is 10.6. The largest absolute Gasteiger partial charge is 0.394 e. The number of rotatable bonds is 5. The molecule has 3 N–H and O–H groups in total. The number of Topliss-reactive ketones (excluding diaryl/α,β-unsaturated/α-hetero) is 1. The minimum atomic E-state index is -0.489. The van der Waals surface area contributed by atoms with E-state index in [4.69, 9.17) is 0 Å². The van der Waals surface area contributed by atoms with Gasteiger partial charge in [0.15, 0.2) is 5.78 Å². The Morgan fingerprint density at radius 1 is 1.09 bits per heavy atom. The van der Waals surface area contributed by atoms with E-state index in [-0.39, 0.29) is 12.4 Å². The van der Waals surface area contributed by atoms with E-state index in [2.05, 4.69) is 10.6 Å². The molecule has 0 unspecified atom stereocenters. The maximum absolute atomic E-state index is 12.0. The summed E-state index contributed by atoms with van der Waals surface area (Å²) in [6, 6.07) is 15.0. The molecule has 0 fully saturated rings. The van der Waals surface area contributed by atoms with Crippen molar-refractivity contribution in [1.82, 2.24) is 5.32 Å². The van der Waals surface area contributed by atoms with E-state index in [0.29, 0.717) is 11.3 Å². The number of aliphatic hydroxyl groups excluding tert-OH is 1. The Balaban J connectivity index is 2.03. The summed E-state index contributed by atoms with van der Waals surface area (Å²) < 4.78 is 0. The number of amides is 2. The van der Waals surface area contributed by atoms with Gasteiger partial charge in [0.2, 0.25) is 0 Å². The molecule has 0 bridgehead atoms. The van der Waals surface area contributed by atoms with Gasteiger partial charge in [0.25, 0.3) is 0 Å². The first kappa shape index (κ1) is 15.7. The molecule has 22 heavy (non-hydrogen) atoms. The quantitative estimate of drug-likeness (QED) is 0.743. The molecule has 0 aliphatic rings. The summed E-state index contributed by atoms with van der Waals surface area (Å²) in [5.41, 5.74) is 1.87. The van der Waals surface area contributed by atoms with Crippen LogP contribution in [0.2, 0.25) is 0 Å². The number of carbonyl (C=O) groups is 2. The molecule has 2 amide bonds. The fourth-order valence-electron chi connectivity index (χ4n) is 2.06. The van der Waals surface area contributed by atoms with Crippen molar-refractivity contribution >= 4 is 17.5 Å². The Morgan fingerprint density at radius 3 is 2.45 bits per heavy atom. The van der Waals surface area contributed by atoms with E-state index in [1.165, 1.54) is 6.92 Å². The minimum absolute atomic E-state index is 0.0680. The van der Waals surface area contributed by atoms with Crippen LogP contribution in [-0.2, 0) is 0 Å². The van der Waals surface area contributed by atoms with E-state index in [9.17, 15) is 14.7 Å². The van der Waals surface area contributed by atoms with Gasteiger partial charge < -0.3 is 15.7 Å². The zero-order valence-electron chi connectivity index (χ0n) is 12.2. The molecular weight excluding hydrogens is 280 g/mol. The van der Waals surface area contributed by atoms with Crippen molar-refractivity contribution in [2.24, 2.45) is 0 Å². The van der Waals surface area contributed by atoms with E-state index in [1.54, 1.807) is 24.3 Å². The lowest BCUT2D eigenvalue weighted by atomic mass is 10.1. The first-order valence-electron chi connectivity index (χ1n) is 6.94. The monoisotopic (exact) mass is 298 g/mol. The summed E-state index contributed by atoms with van der Waals surface area (Å²) in [6.45, 7) is 1.27. The third-order valence-corrected chi connectivity index (χ3v) is 3.22. The highest BCUT2D eigenvalue weighted by molar-refractivity contribution is 5.96. The normalized spacial score (nSPS) is 11.5. The maximum Gasteiger partial charge on any atom is 0.319 e. The van der Waals surface area contributed by atoms with Crippen LogP contribution in [0.5, 0.6) is 0 Å². The highest BCUT2D eigenvalue weighted by Gasteiger charge is 2.13. The Labute approximate surface area is 129 Å². The number of benzene rings is 2. The van der Waals surface area contributed by atoms with Gasteiger partial charge in [-0.3, -0.25) is 4.79 Å². The average Bonchev–Trinajstić information content (AvgIpc) is 2.53. The highest BCUT2D eigenvalue weighted by Crippen LogP contribution is 2.14. The molecule has 2 aromatic carbocycles. The molecule has 5 nitrogen and oxygen atoms in total. The van der Waals surface area contributed by atoms with Crippen molar-refractivity contribution in [2.45, 2.75) is 13.0 Å². The van der Waals surface area contributed by atoms with Gasteiger partial charge in [-0.1, -0.05) is 42.5 Å². The molecule has 114 valence electrons. The highest BCUT2D eigenvalue weighted by atomic mass is 16.3. The number of nitrogens with one attached hydrogen (secondary N) is 2. The van der Waals surface area contributed by atoms with Gasteiger partial charge in [-0.15, -0.1) is 0 Å². The zero-order valence-corrected chi connectivity index (χ0v) is 12.2. The van der Waals surface area contributed by atoms with E-state index in [1.807, 2.05) is 30.3 Å². The first-order valence-corrected chi connectivity index (χ1v) is 6.94. The molecule has 2 aromatic rings. The van der Waals surface area contributed by atoms with Crippen LogP contribution in [0, 0.1) is 0 Å². The van der Waals surface area contributed by atoms with Gasteiger partial charge in [-0.2, -0.15) is 0 Å². The molecule has 5 heteroatoms. The number of hydrogen-bond acceptors (Lipinski definition) is 3. The van der Waals surface area contributed by atoms with Crippen LogP contribution >= 0.6 is 0 Å². The Kier molecular flexibility index (Phi) is 5.27. The molecule has 0 aromatic heterocycles. The van der Waals surface area contributed by atoms with Gasteiger partial charge in [0.05, 0.1) is 12.6 Å². The molecule has 1 atom stereocenters. The standard InChI is InChI=1S/C17H18N2O3/c1-12(21)14-8-5-9-15(10-14)18-17(22)19-16(11-20)13-6-3-2-4-7-13/h2-10,16,20H,11H2,1H3,(H2,18,19,22)/t16-/m0/s1. The SMILES string of the molecule is CC(=O)c1cccc(NC(=O)N[C@@H](CO)c2ccccc2)c1.